The normalized spacial score (nSPS) is 11.3. The maximum atomic E-state index is 12.6. The number of hydrogen-bond acceptors (Lipinski definition) is 3. The van der Waals surface area contributed by atoms with Gasteiger partial charge in [0.15, 0.2) is 10.9 Å². The summed E-state index contributed by atoms with van der Waals surface area (Å²) in [5.41, 5.74) is 1.99. The van der Waals surface area contributed by atoms with E-state index in [1.54, 1.807) is 24.3 Å². The van der Waals surface area contributed by atoms with Gasteiger partial charge in [-0.25, -0.2) is 4.57 Å². The highest BCUT2D eigenvalue weighted by molar-refractivity contribution is 5.71. The van der Waals surface area contributed by atoms with Gasteiger partial charge in [0.2, 0.25) is 5.42 Å². The molecule has 0 radical (unpaired) electrons. The molecule has 0 aliphatic carbocycles. The minimum absolute atomic E-state index is 0.0456. The van der Waals surface area contributed by atoms with Crippen LogP contribution in [0.4, 0.5) is 0 Å². The van der Waals surface area contributed by atoms with Crippen LogP contribution < -0.4 is 11.1 Å². The van der Waals surface area contributed by atoms with Gasteiger partial charge in [0.25, 0.3) is 5.56 Å². The van der Waals surface area contributed by atoms with E-state index in [4.69, 9.17) is 4.42 Å². The Morgan fingerprint density at radius 2 is 1.68 bits per heavy atom. The van der Waals surface area contributed by atoms with Crippen LogP contribution in [0.3, 0.4) is 0 Å². The molecule has 2 aromatic carbocycles. The van der Waals surface area contributed by atoms with Crippen LogP contribution >= 0.6 is 0 Å². The second kappa shape index (κ2) is 4.46. The molecule has 2 aliphatic heterocycles. The first-order chi connectivity index (χ1) is 10.6. The number of aromatic nitrogens is 2. The summed E-state index contributed by atoms with van der Waals surface area (Å²) in [6.07, 6.45) is 0. The van der Waals surface area contributed by atoms with Crippen molar-refractivity contribution in [3.05, 3.63) is 85.6 Å². The lowest BCUT2D eigenvalue weighted by atomic mass is 10.2. The van der Waals surface area contributed by atoms with Crippen molar-refractivity contribution in [3.63, 3.8) is 0 Å². The van der Waals surface area contributed by atoms with Crippen molar-refractivity contribution in [1.82, 2.24) is 9.55 Å². The van der Waals surface area contributed by atoms with Gasteiger partial charge in [0.1, 0.15) is 0 Å². The maximum Gasteiger partial charge on any atom is 0.303 e. The van der Waals surface area contributed by atoms with Crippen LogP contribution in [0.25, 0.3) is 16.8 Å². The quantitative estimate of drug-likeness (QED) is 0.585. The molecule has 0 amide bonds. The van der Waals surface area contributed by atoms with E-state index in [0.717, 1.165) is 10.1 Å². The molecular weight excluding hydrogens is 280 g/mol. The van der Waals surface area contributed by atoms with Gasteiger partial charge in [-0.1, -0.05) is 29.8 Å². The molecule has 2 heterocycles. The third kappa shape index (κ3) is 1.72. The Bertz CT molecular complexity index is 1090. The van der Waals surface area contributed by atoms with Crippen LogP contribution in [0.5, 0.6) is 0 Å². The first-order valence-corrected chi connectivity index (χ1v) is 6.89. The molecule has 0 unspecified atom stereocenters. The second-order valence-corrected chi connectivity index (χ2v) is 5.21. The monoisotopic (exact) mass is 292 g/mol. The lowest BCUT2D eigenvalue weighted by Gasteiger charge is -1.99. The van der Waals surface area contributed by atoms with Crippen molar-refractivity contribution in [2.45, 2.75) is 6.92 Å². The van der Waals surface area contributed by atoms with Crippen molar-refractivity contribution < 1.29 is 4.42 Å². The molecule has 0 spiro atoms. The summed E-state index contributed by atoms with van der Waals surface area (Å²) in [5, 5.41) is 0.185. The molecule has 2 aromatic rings. The Hall–Kier alpha value is -3.08. The summed E-state index contributed by atoms with van der Waals surface area (Å²) in [4.78, 5) is 28.1. The van der Waals surface area contributed by atoms with E-state index in [2.05, 4.69) is 4.98 Å². The number of H-pyrrole nitrogens is 1. The van der Waals surface area contributed by atoms with E-state index in [-0.39, 0.29) is 10.8 Å². The fourth-order valence-corrected chi connectivity index (χ4v) is 2.55. The summed E-state index contributed by atoms with van der Waals surface area (Å²) in [7, 11) is 0. The Labute approximate surface area is 124 Å². The number of benzene rings is 2. The Morgan fingerprint density at radius 3 is 2.45 bits per heavy atom. The molecule has 0 atom stereocenters. The van der Waals surface area contributed by atoms with E-state index in [0.29, 0.717) is 16.8 Å². The number of rotatable bonds is 1. The lowest BCUT2D eigenvalue weighted by molar-refractivity contribution is 0.556. The van der Waals surface area contributed by atoms with Crippen molar-refractivity contribution in [1.29, 1.82) is 0 Å². The van der Waals surface area contributed by atoms with Crippen molar-refractivity contribution >= 4 is 11.1 Å². The molecule has 5 nitrogen and oxygen atoms in total. The molecule has 2 aliphatic rings. The van der Waals surface area contributed by atoms with Crippen LogP contribution in [0, 0.1) is 17.7 Å². The van der Waals surface area contributed by atoms with Crippen molar-refractivity contribution in [2.24, 2.45) is 0 Å². The van der Waals surface area contributed by atoms with Gasteiger partial charge in [-0.2, -0.15) is 0 Å². The lowest BCUT2D eigenvalue weighted by Crippen LogP contribution is -2.24. The predicted molar refractivity (Wildman–Crippen MR) is 82.5 cm³/mol. The smallest absolute Gasteiger partial charge is 0.303 e. The zero-order valence-electron chi connectivity index (χ0n) is 11.8. The Balaban J connectivity index is 2.14. The molecule has 0 aromatic heterocycles. The van der Waals surface area contributed by atoms with Crippen molar-refractivity contribution in [2.75, 3.05) is 0 Å². The van der Waals surface area contributed by atoms with Gasteiger partial charge in [-0.3, -0.25) is 9.59 Å². The highest BCUT2D eigenvalue weighted by Gasteiger charge is 2.14. The molecule has 1 N–H and O–H groups in total. The summed E-state index contributed by atoms with van der Waals surface area (Å²) in [6.45, 7) is 1.95. The van der Waals surface area contributed by atoms with Gasteiger partial charge < -0.3 is 9.40 Å². The van der Waals surface area contributed by atoms with Crippen LogP contribution in [0.15, 0.2) is 62.5 Å². The van der Waals surface area contributed by atoms with Gasteiger partial charge in [0.05, 0.1) is 11.2 Å². The minimum Gasteiger partial charge on any atom is -0.447 e. The number of hydrogen-bond donors (Lipinski definition) is 1. The molecule has 4 rings (SSSR count). The first-order valence-electron chi connectivity index (χ1n) is 6.89. The second-order valence-electron chi connectivity index (χ2n) is 5.21. The third-order valence-electron chi connectivity index (χ3n) is 3.69. The van der Waals surface area contributed by atoms with E-state index >= 15 is 0 Å². The van der Waals surface area contributed by atoms with Crippen LogP contribution in [-0.2, 0) is 0 Å². The van der Waals surface area contributed by atoms with E-state index in [9.17, 15) is 9.59 Å². The summed E-state index contributed by atoms with van der Waals surface area (Å²) < 4.78 is 6.75. The largest absolute Gasteiger partial charge is 0.447 e. The molecule has 0 saturated heterocycles. The molecule has 108 valence electrons. The van der Waals surface area contributed by atoms with E-state index < -0.39 is 11.1 Å². The standard InChI is InChI=1S/C17H12N2O3/c1-10-6-8-11(9-7-10)19-16(20)14-15(17(19)21)22-13-5-3-2-4-12(13)18-14/h2-9,18H,1H3. The number of aryl methyl sites for hydroxylation is 1. The summed E-state index contributed by atoms with van der Waals surface area (Å²) in [6, 6.07) is 14.4. The minimum atomic E-state index is -0.453. The fourth-order valence-electron chi connectivity index (χ4n) is 2.55. The van der Waals surface area contributed by atoms with Gasteiger partial charge in [-0.05, 0) is 31.2 Å². The topological polar surface area (TPSA) is 68.0 Å². The number of para-hydroxylation sites is 2. The average molecular weight is 292 g/mol. The maximum absolute atomic E-state index is 12.6. The number of fused-ring (bicyclic) bond motifs is 1. The SMILES string of the molecule is Cc1ccc(-n2c(=O)c3[nH]c4ccccc4oc=3c2=O)cc1. The Kier molecular flexibility index (Phi) is 2.56. The zero-order valence-corrected chi connectivity index (χ0v) is 11.8. The average Bonchev–Trinajstić information content (AvgIpc) is 2.78. The van der Waals surface area contributed by atoms with Crippen LogP contribution in [-0.4, -0.2) is 9.55 Å². The first kappa shape index (κ1) is 12.6. The summed E-state index contributed by atoms with van der Waals surface area (Å²) in [5.74, 6) is 0. The van der Waals surface area contributed by atoms with Gasteiger partial charge >= 0.3 is 5.56 Å². The van der Waals surface area contributed by atoms with E-state index in [1.165, 1.54) is 0 Å². The highest BCUT2D eigenvalue weighted by Crippen LogP contribution is 2.11. The predicted octanol–water partition coefficient (Wildman–Crippen LogP) is 2.31. The molecule has 5 heteroatoms. The summed E-state index contributed by atoms with van der Waals surface area (Å²) >= 11 is 0. The van der Waals surface area contributed by atoms with Crippen LogP contribution in [0.2, 0.25) is 0 Å². The fraction of sp³-hybridized carbons (Fsp3) is 0.0588. The molecule has 0 bridgehead atoms. The molecule has 22 heavy (non-hydrogen) atoms. The molecule has 0 saturated carbocycles. The van der Waals surface area contributed by atoms with Crippen LogP contribution in [0.1, 0.15) is 5.56 Å². The van der Waals surface area contributed by atoms with Gasteiger partial charge in [-0.15, -0.1) is 0 Å². The number of nitrogens with one attached hydrogen (secondary N) is 1. The highest BCUT2D eigenvalue weighted by atomic mass is 16.3. The number of aromatic amines is 1. The van der Waals surface area contributed by atoms with Crippen molar-refractivity contribution in [3.8, 4) is 5.69 Å². The van der Waals surface area contributed by atoms with Gasteiger partial charge in [0, 0.05) is 0 Å². The zero-order chi connectivity index (χ0) is 15.3. The molecular formula is C17H12N2O3. The number of nitrogens with zero attached hydrogens (tertiary/aromatic N) is 1. The third-order valence-corrected chi connectivity index (χ3v) is 3.69. The van der Waals surface area contributed by atoms with E-state index in [1.807, 2.05) is 31.2 Å². The molecule has 0 fully saturated rings. The Morgan fingerprint density at radius 1 is 0.955 bits per heavy atom.